The van der Waals surface area contributed by atoms with Gasteiger partial charge in [0, 0.05) is 21.6 Å². The largest absolute Gasteiger partial charge is 0.360 e. The first-order chi connectivity index (χ1) is 7.04. The fourth-order valence-corrected chi connectivity index (χ4v) is 2.55. The van der Waals surface area contributed by atoms with Gasteiger partial charge in [-0.25, -0.2) is 13.1 Å². The Morgan fingerprint density at radius 2 is 2.13 bits per heavy atom. The van der Waals surface area contributed by atoms with Gasteiger partial charge in [-0.05, 0) is 41.2 Å². The van der Waals surface area contributed by atoms with Gasteiger partial charge >= 0.3 is 0 Å². The van der Waals surface area contributed by atoms with E-state index in [9.17, 15) is 8.42 Å². The first-order valence-corrected chi connectivity index (χ1v) is 6.52. The molecule has 2 N–H and O–H groups in total. The number of H-pyrrole nitrogens is 1. The maximum atomic E-state index is 11.5. The Labute approximate surface area is 95.9 Å². The van der Waals surface area contributed by atoms with E-state index in [1.807, 2.05) is 0 Å². The highest BCUT2D eigenvalue weighted by atomic mass is 79.9. The number of hydrogen-bond donors (Lipinski definition) is 2. The highest BCUT2D eigenvalue weighted by Crippen LogP contribution is 2.25. The van der Waals surface area contributed by atoms with E-state index in [1.54, 1.807) is 24.4 Å². The number of nitrogens with one attached hydrogen (secondary N) is 2. The van der Waals surface area contributed by atoms with Crippen LogP contribution in [0.1, 0.15) is 0 Å². The average Bonchev–Trinajstić information content (AvgIpc) is 2.60. The lowest BCUT2D eigenvalue weighted by molar-refractivity contribution is 0.588. The van der Waals surface area contributed by atoms with Crippen molar-refractivity contribution < 1.29 is 8.42 Å². The zero-order valence-electron chi connectivity index (χ0n) is 7.91. The van der Waals surface area contributed by atoms with Gasteiger partial charge < -0.3 is 4.98 Å². The van der Waals surface area contributed by atoms with Gasteiger partial charge in [-0.2, -0.15) is 0 Å². The molecule has 6 heteroatoms. The molecule has 0 radical (unpaired) electrons. The molecule has 0 spiro atoms. The van der Waals surface area contributed by atoms with Crippen LogP contribution < -0.4 is 4.72 Å². The van der Waals surface area contributed by atoms with Crippen molar-refractivity contribution in [1.29, 1.82) is 0 Å². The van der Waals surface area contributed by atoms with Gasteiger partial charge in [-0.1, -0.05) is 0 Å². The van der Waals surface area contributed by atoms with Crippen molar-refractivity contribution in [2.75, 3.05) is 7.05 Å². The molecule has 2 rings (SSSR count). The summed E-state index contributed by atoms with van der Waals surface area (Å²) in [4.78, 5) is 3.28. The summed E-state index contributed by atoms with van der Waals surface area (Å²) < 4.78 is 26.2. The Balaban J connectivity index is 2.70. The smallest absolute Gasteiger partial charge is 0.240 e. The van der Waals surface area contributed by atoms with Crippen LogP contribution in [0.5, 0.6) is 0 Å². The summed E-state index contributed by atoms with van der Waals surface area (Å²) in [7, 11) is -1.97. The molecule has 80 valence electrons. The predicted octanol–water partition coefficient (Wildman–Crippen LogP) is 1.84. The van der Waals surface area contributed by atoms with Crippen molar-refractivity contribution in [3.8, 4) is 0 Å². The van der Waals surface area contributed by atoms with Crippen LogP contribution in [0.15, 0.2) is 33.8 Å². The Kier molecular flexibility index (Phi) is 2.57. The first kappa shape index (κ1) is 10.7. The lowest BCUT2D eigenvalue weighted by Gasteiger charge is -2.02. The van der Waals surface area contributed by atoms with E-state index < -0.39 is 10.0 Å². The maximum Gasteiger partial charge on any atom is 0.240 e. The third kappa shape index (κ3) is 1.80. The topological polar surface area (TPSA) is 62.0 Å². The second-order valence-electron chi connectivity index (χ2n) is 3.05. The zero-order chi connectivity index (χ0) is 11.1. The van der Waals surface area contributed by atoms with Crippen molar-refractivity contribution >= 4 is 36.9 Å². The van der Waals surface area contributed by atoms with E-state index in [0.717, 1.165) is 15.4 Å². The maximum absolute atomic E-state index is 11.5. The SMILES string of the molecule is CNS(=O)(=O)c1ccc2[nH]cc(Br)c2c1. The molecule has 1 aromatic carbocycles. The highest BCUT2D eigenvalue weighted by molar-refractivity contribution is 9.10. The van der Waals surface area contributed by atoms with Crippen molar-refractivity contribution in [2.45, 2.75) is 4.90 Å². The molecule has 0 aliphatic rings. The van der Waals surface area contributed by atoms with Crippen LogP contribution in [0.25, 0.3) is 10.9 Å². The number of rotatable bonds is 2. The van der Waals surface area contributed by atoms with E-state index in [1.165, 1.54) is 7.05 Å². The number of sulfonamides is 1. The molecule has 0 bridgehead atoms. The number of aromatic nitrogens is 1. The molecule has 0 fully saturated rings. The fraction of sp³-hybridized carbons (Fsp3) is 0.111. The second kappa shape index (κ2) is 3.62. The van der Waals surface area contributed by atoms with Crippen LogP contribution in [-0.4, -0.2) is 20.4 Å². The van der Waals surface area contributed by atoms with Gasteiger partial charge in [0.1, 0.15) is 0 Å². The molecular weight excluding hydrogens is 280 g/mol. The van der Waals surface area contributed by atoms with E-state index in [0.29, 0.717) is 0 Å². The van der Waals surface area contributed by atoms with Gasteiger partial charge in [-0.3, -0.25) is 0 Å². The summed E-state index contributed by atoms with van der Waals surface area (Å²) in [6, 6.07) is 4.93. The zero-order valence-corrected chi connectivity index (χ0v) is 10.3. The van der Waals surface area contributed by atoms with Crippen molar-refractivity contribution in [3.05, 3.63) is 28.9 Å². The molecule has 0 saturated heterocycles. The number of hydrogen-bond acceptors (Lipinski definition) is 2. The molecule has 0 amide bonds. The first-order valence-electron chi connectivity index (χ1n) is 4.25. The van der Waals surface area contributed by atoms with Crippen molar-refractivity contribution in [3.63, 3.8) is 0 Å². The summed E-state index contributed by atoms with van der Waals surface area (Å²) in [5, 5.41) is 0.853. The summed E-state index contributed by atoms with van der Waals surface area (Å²) in [6.45, 7) is 0. The molecule has 4 nitrogen and oxygen atoms in total. The molecule has 0 aliphatic carbocycles. The number of fused-ring (bicyclic) bond motifs is 1. The summed E-state index contributed by atoms with van der Waals surface area (Å²) >= 11 is 3.34. The third-order valence-corrected chi connectivity index (χ3v) is 4.25. The van der Waals surface area contributed by atoms with E-state index in [-0.39, 0.29) is 4.90 Å². The summed E-state index contributed by atoms with van der Waals surface area (Å²) in [5.74, 6) is 0. The van der Waals surface area contributed by atoms with Gasteiger partial charge in [0.25, 0.3) is 0 Å². The van der Waals surface area contributed by atoms with Crippen molar-refractivity contribution in [2.24, 2.45) is 0 Å². The van der Waals surface area contributed by atoms with E-state index in [4.69, 9.17) is 0 Å². The number of benzene rings is 1. The molecule has 2 aromatic rings. The fourth-order valence-electron chi connectivity index (χ4n) is 1.35. The van der Waals surface area contributed by atoms with Crippen LogP contribution in [0.3, 0.4) is 0 Å². The molecule has 0 aliphatic heterocycles. The standard InChI is InChI=1S/C9H9BrN2O2S/c1-11-15(13,14)6-2-3-9-7(4-6)8(10)5-12-9/h2-5,11-12H,1H3. The van der Waals surface area contributed by atoms with Crippen LogP contribution >= 0.6 is 15.9 Å². The minimum atomic E-state index is -3.37. The minimum Gasteiger partial charge on any atom is -0.360 e. The van der Waals surface area contributed by atoms with Gasteiger partial charge in [0.15, 0.2) is 0 Å². The van der Waals surface area contributed by atoms with Crippen molar-refractivity contribution in [1.82, 2.24) is 9.71 Å². The lowest BCUT2D eigenvalue weighted by atomic mass is 10.2. The van der Waals surface area contributed by atoms with Gasteiger partial charge in [0.2, 0.25) is 10.0 Å². The Hall–Kier alpha value is -0.850. The minimum absolute atomic E-state index is 0.262. The van der Waals surface area contributed by atoms with E-state index >= 15 is 0 Å². The molecule has 0 saturated carbocycles. The van der Waals surface area contributed by atoms with Gasteiger partial charge in [-0.15, -0.1) is 0 Å². The lowest BCUT2D eigenvalue weighted by Crippen LogP contribution is -2.18. The van der Waals surface area contributed by atoms with Gasteiger partial charge in [0.05, 0.1) is 4.90 Å². The summed E-state index contributed by atoms with van der Waals surface area (Å²) in [5.41, 5.74) is 0.900. The second-order valence-corrected chi connectivity index (χ2v) is 5.79. The summed E-state index contributed by atoms with van der Waals surface area (Å²) in [6.07, 6.45) is 1.78. The normalized spacial score (nSPS) is 12.1. The van der Waals surface area contributed by atoms with Crippen LogP contribution in [0, 0.1) is 0 Å². The molecular formula is C9H9BrN2O2S. The number of aromatic amines is 1. The average molecular weight is 289 g/mol. The van der Waals surface area contributed by atoms with E-state index in [2.05, 4.69) is 25.6 Å². The third-order valence-electron chi connectivity index (χ3n) is 2.18. The van der Waals surface area contributed by atoms with Crippen LogP contribution in [-0.2, 0) is 10.0 Å². The quantitative estimate of drug-likeness (QED) is 0.886. The molecule has 0 unspecified atom stereocenters. The van der Waals surface area contributed by atoms with Crippen LogP contribution in [0.2, 0.25) is 0 Å². The number of halogens is 1. The Bertz CT molecular complexity index is 604. The molecule has 1 aromatic heterocycles. The predicted molar refractivity (Wildman–Crippen MR) is 62.2 cm³/mol. The molecule has 0 atom stereocenters. The monoisotopic (exact) mass is 288 g/mol. The Morgan fingerprint density at radius 3 is 2.80 bits per heavy atom. The Morgan fingerprint density at radius 1 is 1.40 bits per heavy atom. The molecule has 1 heterocycles. The van der Waals surface area contributed by atoms with Crippen LogP contribution in [0.4, 0.5) is 0 Å². The molecule has 15 heavy (non-hydrogen) atoms. The highest BCUT2D eigenvalue weighted by Gasteiger charge is 2.12.